The van der Waals surface area contributed by atoms with Gasteiger partial charge in [0.05, 0.1) is 0 Å². The lowest BCUT2D eigenvalue weighted by atomic mass is 9.81. The largest absolute Gasteiger partial charge is 0.507 e. The molecule has 0 spiro atoms. The summed E-state index contributed by atoms with van der Waals surface area (Å²) >= 11 is 0. The van der Waals surface area contributed by atoms with Crippen LogP contribution in [0.15, 0.2) is 12.1 Å². The Morgan fingerprint density at radius 1 is 1.30 bits per heavy atom. The molecule has 0 heterocycles. The summed E-state index contributed by atoms with van der Waals surface area (Å²) in [4.78, 5) is 11.0. The Labute approximate surface area is 123 Å². The van der Waals surface area contributed by atoms with Crippen molar-refractivity contribution in [3.8, 4) is 5.75 Å². The molecule has 0 bridgehead atoms. The van der Waals surface area contributed by atoms with Crippen LogP contribution in [0.5, 0.6) is 5.75 Å². The van der Waals surface area contributed by atoms with Crippen molar-refractivity contribution in [2.75, 3.05) is 0 Å². The highest BCUT2D eigenvalue weighted by atomic mass is 35.5. The molecule has 6 heteroatoms. The van der Waals surface area contributed by atoms with Crippen LogP contribution in [0.3, 0.4) is 0 Å². The first-order chi connectivity index (χ1) is 9.02. The molecule has 0 unspecified atom stereocenters. The summed E-state index contributed by atoms with van der Waals surface area (Å²) in [6.45, 7) is 0. The SMILES string of the molecule is Cl.N[C@H](c1c(F)ccc(C(=O)O)c1O)C1CCCCC1. The van der Waals surface area contributed by atoms with Crippen molar-refractivity contribution in [3.63, 3.8) is 0 Å². The molecule has 1 aliphatic carbocycles. The van der Waals surface area contributed by atoms with Crippen LogP contribution in [0.4, 0.5) is 4.39 Å². The number of benzene rings is 1. The van der Waals surface area contributed by atoms with E-state index in [1.165, 1.54) is 0 Å². The highest BCUT2D eigenvalue weighted by Gasteiger charge is 2.28. The molecule has 1 saturated carbocycles. The maximum Gasteiger partial charge on any atom is 0.339 e. The van der Waals surface area contributed by atoms with Gasteiger partial charge in [-0.05, 0) is 30.9 Å². The van der Waals surface area contributed by atoms with Gasteiger partial charge < -0.3 is 15.9 Å². The molecule has 0 radical (unpaired) electrons. The zero-order chi connectivity index (χ0) is 14.0. The van der Waals surface area contributed by atoms with Gasteiger partial charge in [0.2, 0.25) is 0 Å². The predicted octanol–water partition coefficient (Wildman–Crippen LogP) is 3.23. The summed E-state index contributed by atoms with van der Waals surface area (Å²) in [6, 6.07) is 1.46. The predicted molar refractivity (Wildman–Crippen MR) is 75.8 cm³/mol. The lowest BCUT2D eigenvalue weighted by Gasteiger charge is -2.28. The van der Waals surface area contributed by atoms with Crippen LogP contribution >= 0.6 is 12.4 Å². The van der Waals surface area contributed by atoms with E-state index < -0.39 is 23.6 Å². The van der Waals surface area contributed by atoms with Crippen LogP contribution in [-0.2, 0) is 0 Å². The standard InChI is InChI=1S/C14H18FNO3.ClH/c15-10-7-6-9(14(18)19)13(17)11(10)12(16)8-4-2-1-3-5-8;/h6-8,12,17H,1-5,16H2,(H,18,19);1H/t12-;/m0./s1. The fourth-order valence-electron chi connectivity index (χ4n) is 2.80. The Balaban J connectivity index is 0.00000200. The topological polar surface area (TPSA) is 83.6 Å². The average Bonchev–Trinajstić information content (AvgIpc) is 2.39. The zero-order valence-corrected chi connectivity index (χ0v) is 11.8. The maximum atomic E-state index is 13.9. The third-order valence-corrected chi connectivity index (χ3v) is 3.89. The van der Waals surface area contributed by atoms with Crippen LogP contribution in [0.25, 0.3) is 0 Å². The molecule has 1 fully saturated rings. The van der Waals surface area contributed by atoms with E-state index >= 15 is 0 Å². The Kier molecular flexibility index (Phi) is 5.77. The van der Waals surface area contributed by atoms with E-state index in [-0.39, 0.29) is 29.5 Å². The molecule has 0 amide bonds. The molecule has 4 N–H and O–H groups in total. The number of hydrogen-bond donors (Lipinski definition) is 3. The van der Waals surface area contributed by atoms with E-state index in [9.17, 15) is 14.3 Å². The van der Waals surface area contributed by atoms with Crippen molar-refractivity contribution in [1.29, 1.82) is 0 Å². The number of carbonyl (C=O) groups is 1. The summed E-state index contributed by atoms with van der Waals surface area (Å²) < 4.78 is 13.9. The molecule has 112 valence electrons. The second-order valence-corrected chi connectivity index (χ2v) is 5.09. The number of halogens is 2. The number of carboxylic acids is 1. The molecule has 20 heavy (non-hydrogen) atoms. The van der Waals surface area contributed by atoms with E-state index in [0.717, 1.165) is 44.2 Å². The minimum Gasteiger partial charge on any atom is -0.507 e. The first-order valence-corrected chi connectivity index (χ1v) is 6.52. The Hall–Kier alpha value is -1.33. The van der Waals surface area contributed by atoms with Crippen molar-refractivity contribution < 1.29 is 19.4 Å². The number of aromatic hydroxyl groups is 1. The van der Waals surface area contributed by atoms with E-state index in [0.29, 0.717) is 0 Å². The molecule has 2 rings (SSSR count). The molecular formula is C14H19ClFNO3. The highest BCUT2D eigenvalue weighted by Crippen LogP contribution is 2.38. The molecular weight excluding hydrogens is 285 g/mol. The second kappa shape index (κ2) is 6.90. The van der Waals surface area contributed by atoms with Gasteiger partial charge in [-0.3, -0.25) is 0 Å². The van der Waals surface area contributed by atoms with Gasteiger partial charge in [0.1, 0.15) is 17.1 Å². The number of aromatic carboxylic acids is 1. The number of nitrogens with two attached hydrogens (primary N) is 1. The summed E-state index contributed by atoms with van der Waals surface area (Å²) in [5, 5.41) is 18.9. The van der Waals surface area contributed by atoms with Gasteiger partial charge in [0.15, 0.2) is 0 Å². The number of hydrogen-bond acceptors (Lipinski definition) is 3. The van der Waals surface area contributed by atoms with Gasteiger partial charge in [0, 0.05) is 11.6 Å². The minimum absolute atomic E-state index is 0. The van der Waals surface area contributed by atoms with Crippen LogP contribution in [0.2, 0.25) is 0 Å². The van der Waals surface area contributed by atoms with Crippen LogP contribution in [-0.4, -0.2) is 16.2 Å². The first kappa shape index (κ1) is 16.7. The van der Waals surface area contributed by atoms with Gasteiger partial charge >= 0.3 is 5.97 Å². The summed E-state index contributed by atoms with van der Waals surface area (Å²) in [6.07, 6.45) is 5.00. The third kappa shape index (κ3) is 3.22. The summed E-state index contributed by atoms with van der Waals surface area (Å²) in [5.74, 6) is -2.36. The van der Waals surface area contributed by atoms with Gasteiger partial charge in [-0.25, -0.2) is 9.18 Å². The average molecular weight is 304 g/mol. The Morgan fingerprint density at radius 2 is 1.90 bits per heavy atom. The van der Waals surface area contributed by atoms with Gasteiger partial charge in [-0.1, -0.05) is 19.3 Å². The molecule has 1 aromatic rings. The van der Waals surface area contributed by atoms with Crippen molar-refractivity contribution in [3.05, 3.63) is 29.1 Å². The number of phenols is 1. The quantitative estimate of drug-likeness (QED) is 0.800. The molecule has 1 aromatic carbocycles. The monoisotopic (exact) mass is 303 g/mol. The molecule has 0 aromatic heterocycles. The zero-order valence-electron chi connectivity index (χ0n) is 11.0. The van der Waals surface area contributed by atoms with E-state index in [2.05, 4.69) is 0 Å². The van der Waals surface area contributed by atoms with Gasteiger partial charge in [-0.2, -0.15) is 0 Å². The van der Waals surface area contributed by atoms with Crippen molar-refractivity contribution >= 4 is 18.4 Å². The third-order valence-electron chi connectivity index (χ3n) is 3.89. The van der Waals surface area contributed by atoms with Crippen molar-refractivity contribution in [2.24, 2.45) is 11.7 Å². The molecule has 4 nitrogen and oxygen atoms in total. The highest BCUT2D eigenvalue weighted by molar-refractivity contribution is 5.91. The normalized spacial score (nSPS) is 17.3. The summed E-state index contributed by atoms with van der Waals surface area (Å²) in [7, 11) is 0. The molecule has 0 aliphatic heterocycles. The second-order valence-electron chi connectivity index (χ2n) is 5.09. The van der Waals surface area contributed by atoms with E-state index in [1.807, 2.05) is 0 Å². The lowest BCUT2D eigenvalue weighted by molar-refractivity contribution is 0.0693. The first-order valence-electron chi connectivity index (χ1n) is 6.52. The summed E-state index contributed by atoms with van der Waals surface area (Å²) in [5.41, 5.74) is 5.68. The smallest absolute Gasteiger partial charge is 0.339 e. The minimum atomic E-state index is -1.28. The fraction of sp³-hybridized carbons (Fsp3) is 0.500. The number of carboxylic acid groups (broad SMARTS) is 1. The van der Waals surface area contributed by atoms with Crippen LogP contribution in [0, 0.1) is 11.7 Å². The maximum absolute atomic E-state index is 13.9. The van der Waals surface area contributed by atoms with Gasteiger partial charge in [-0.15, -0.1) is 12.4 Å². The van der Waals surface area contributed by atoms with E-state index in [4.69, 9.17) is 10.8 Å². The van der Waals surface area contributed by atoms with Crippen molar-refractivity contribution in [2.45, 2.75) is 38.1 Å². The van der Waals surface area contributed by atoms with Crippen LogP contribution in [0.1, 0.15) is 54.1 Å². The van der Waals surface area contributed by atoms with E-state index in [1.54, 1.807) is 0 Å². The Morgan fingerprint density at radius 3 is 2.45 bits per heavy atom. The fourth-order valence-corrected chi connectivity index (χ4v) is 2.80. The number of rotatable bonds is 3. The van der Waals surface area contributed by atoms with Crippen molar-refractivity contribution in [1.82, 2.24) is 0 Å². The van der Waals surface area contributed by atoms with Crippen LogP contribution < -0.4 is 5.73 Å². The molecule has 1 atom stereocenters. The Bertz CT molecular complexity index is 490. The molecule has 0 saturated heterocycles. The molecule has 1 aliphatic rings. The lowest BCUT2D eigenvalue weighted by Crippen LogP contribution is -2.25. The van der Waals surface area contributed by atoms with Gasteiger partial charge in [0.25, 0.3) is 0 Å².